The lowest BCUT2D eigenvalue weighted by molar-refractivity contribution is -0.150. The number of esters is 1. The van der Waals surface area contributed by atoms with Crippen molar-refractivity contribution in [2.75, 3.05) is 6.61 Å². The van der Waals surface area contributed by atoms with Gasteiger partial charge in [0.1, 0.15) is 11.3 Å². The van der Waals surface area contributed by atoms with Crippen LogP contribution in [0.4, 0.5) is 0 Å². The van der Waals surface area contributed by atoms with Gasteiger partial charge in [0.15, 0.2) is 6.10 Å². The zero-order chi connectivity index (χ0) is 18.7. The number of hydrogen-bond donors (Lipinski definition) is 0. The van der Waals surface area contributed by atoms with Gasteiger partial charge in [0.2, 0.25) is 0 Å². The number of carbonyl (C=O) groups is 1. The van der Waals surface area contributed by atoms with Crippen molar-refractivity contribution >= 4 is 16.9 Å². The van der Waals surface area contributed by atoms with Crippen molar-refractivity contribution in [2.45, 2.75) is 26.9 Å². The molecule has 3 rings (SSSR count). The van der Waals surface area contributed by atoms with Crippen LogP contribution in [0.5, 0.6) is 5.75 Å². The third kappa shape index (κ3) is 3.47. The molecule has 0 spiro atoms. The molecule has 1 aromatic heterocycles. The van der Waals surface area contributed by atoms with Crippen molar-refractivity contribution in [3.05, 3.63) is 64.5 Å². The third-order valence-corrected chi connectivity index (χ3v) is 4.12. The first-order valence-electron chi connectivity index (χ1n) is 8.47. The molecule has 0 amide bonds. The second-order valence-corrected chi connectivity index (χ2v) is 5.92. The van der Waals surface area contributed by atoms with E-state index in [1.165, 1.54) is 6.07 Å². The van der Waals surface area contributed by atoms with Crippen molar-refractivity contribution in [2.24, 2.45) is 0 Å². The van der Waals surface area contributed by atoms with E-state index in [9.17, 15) is 9.59 Å². The SMILES string of the molecule is CCOC(=O)[C@H](C)Oc1ccc2c(-c3ccccc3)cc(=O)oc2c1C. The molecule has 0 aliphatic heterocycles. The van der Waals surface area contributed by atoms with Gasteiger partial charge in [-0.15, -0.1) is 0 Å². The summed E-state index contributed by atoms with van der Waals surface area (Å²) >= 11 is 0. The topological polar surface area (TPSA) is 65.7 Å². The Morgan fingerprint density at radius 3 is 2.58 bits per heavy atom. The Kier molecular flexibility index (Phi) is 5.07. The van der Waals surface area contributed by atoms with Crippen LogP contribution in [0.2, 0.25) is 0 Å². The Labute approximate surface area is 151 Å². The van der Waals surface area contributed by atoms with Gasteiger partial charge in [-0.2, -0.15) is 0 Å². The molecular formula is C21H20O5. The summed E-state index contributed by atoms with van der Waals surface area (Å²) in [6, 6.07) is 14.7. The maximum atomic E-state index is 12.1. The highest BCUT2D eigenvalue weighted by Crippen LogP contribution is 2.33. The molecule has 0 fully saturated rings. The molecule has 5 nitrogen and oxygen atoms in total. The first kappa shape index (κ1) is 17.7. The minimum atomic E-state index is -0.755. The van der Waals surface area contributed by atoms with Gasteiger partial charge in [-0.1, -0.05) is 30.3 Å². The van der Waals surface area contributed by atoms with E-state index >= 15 is 0 Å². The number of hydrogen-bond acceptors (Lipinski definition) is 5. The molecule has 0 radical (unpaired) electrons. The van der Waals surface area contributed by atoms with E-state index in [-0.39, 0.29) is 0 Å². The lowest BCUT2D eigenvalue weighted by Crippen LogP contribution is -2.26. The molecule has 0 saturated heterocycles. The van der Waals surface area contributed by atoms with E-state index in [0.717, 1.165) is 16.5 Å². The molecular weight excluding hydrogens is 332 g/mol. The highest BCUT2D eigenvalue weighted by molar-refractivity contribution is 5.95. The predicted molar refractivity (Wildman–Crippen MR) is 99.4 cm³/mol. The van der Waals surface area contributed by atoms with Gasteiger partial charge in [0.25, 0.3) is 0 Å². The maximum absolute atomic E-state index is 12.1. The van der Waals surface area contributed by atoms with Crippen LogP contribution in [0.3, 0.4) is 0 Å². The highest BCUT2D eigenvalue weighted by Gasteiger charge is 2.19. The fourth-order valence-electron chi connectivity index (χ4n) is 2.83. The quantitative estimate of drug-likeness (QED) is 0.511. The van der Waals surface area contributed by atoms with E-state index in [0.29, 0.717) is 23.5 Å². The van der Waals surface area contributed by atoms with E-state index < -0.39 is 17.7 Å². The molecule has 0 bridgehead atoms. The largest absolute Gasteiger partial charge is 0.479 e. The summed E-state index contributed by atoms with van der Waals surface area (Å²) in [5.41, 5.74) is 2.40. The zero-order valence-corrected chi connectivity index (χ0v) is 14.9. The average Bonchev–Trinajstić information content (AvgIpc) is 2.64. The fraction of sp³-hybridized carbons (Fsp3) is 0.238. The van der Waals surface area contributed by atoms with Crippen molar-refractivity contribution in [1.82, 2.24) is 0 Å². The van der Waals surface area contributed by atoms with Crippen LogP contribution in [0.25, 0.3) is 22.1 Å². The maximum Gasteiger partial charge on any atom is 0.347 e. The highest BCUT2D eigenvalue weighted by atomic mass is 16.6. The first-order valence-corrected chi connectivity index (χ1v) is 8.47. The number of rotatable bonds is 5. The van der Waals surface area contributed by atoms with Gasteiger partial charge in [0.05, 0.1) is 6.61 Å². The molecule has 0 aliphatic carbocycles. The summed E-state index contributed by atoms with van der Waals surface area (Å²) in [5, 5.41) is 0.810. The average molecular weight is 352 g/mol. The van der Waals surface area contributed by atoms with Crippen LogP contribution < -0.4 is 10.4 Å². The number of ether oxygens (including phenoxy) is 2. The molecule has 3 aromatic rings. The fourth-order valence-corrected chi connectivity index (χ4v) is 2.83. The number of carbonyl (C=O) groups excluding carboxylic acids is 1. The summed E-state index contributed by atoms with van der Waals surface area (Å²) in [6.45, 7) is 5.45. The van der Waals surface area contributed by atoms with E-state index in [2.05, 4.69) is 0 Å². The van der Waals surface area contributed by atoms with E-state index in [1.807, 2.05) is 36.4 Å². The lowest BCUT2D eigenvalue weighted by atomic mass is 10.00. The lowest BCUT2D eigenvalue weighted by Gasteiger charge is -2.16. The van der Waals surface area contributed by atoms with Gasteiger partial charge in [0, 0.05) is 17.0 Å². The Bertz CT molecular complexity index is 988. The van der Waals surface area contributed by atoms with E-state index in [4.69, 9.17) is 13.9 Å². The molecule has 5 heteroatoms. The Morgan fingerprint density at radius 1 is 1.15 bits per heavy atom. The summed E-state index contributed by atoms with van der Waals surface area (Å²) in [5.74, 6) is 0.0397. The van der Waals surface area contributed by atoms with Crippen LogP contribution in [0, 0.1) is 6.92 Å². The van der Waals surface area contributed by atoms with Gasteiger partial charge in [-0.3, -0.25) is 0 Å². The molecule has 0 saturated carbocycles. The van der Waals surface area contributed by atoms with E-state index in [1.54, 1.807) is 26.8 Å². The minimum absolute atomic E-state index is 0.290. The van der Waals surface area contributed by atoms with Gasteiger partial charge < -0.3 is 13.9 Å². The summed E-state index contributed by atoms with van der Waals surface area (Å²) in [7, 11) is 0. The van der Waals surface area contributed by atoms with Crippen LogP contribution in [-0.4, -0.2) is 18.7 Å². The number of aryl methyl sites for hydroxylation is 1. The van der Waals surface area contributed by atoms with Gasteiger partial charge in [-0.05, 0) is 44.0 Å². The smallest absolute Gasteiger partial charge is 0.347 e. The Balaban J connectivity index is 2.07. The molecule has 1 heterocycles. The summed E-state index contributed by atoms with van der Waals surface area (Å²) in [6.07, 6.45) is -0.755. The second-order valence-electron chi connectivity index (χ2n) is 5.92. The number of benzene rings is 2. The zero-order valence-electron chi connectivity index (χ0n) is 14.9. The van der Waals surface area contributed by atoms with Crippen LogP contribution in [0.1, 0.15) is 19.4 Å². The molecule has 0 unspecified atom stereocenters. The molecule has 1 atom stereocenters. The number of fused-ring (bicyclic) bond motifs is 1. The Hall–Kier alpha value is -3.08. The van der Waals surface area contributed by atoms with Gasteiger partial charge in [-0.25, -0.2) is 9.59 Å². The van der Waals surface area contributed by atoms with Crippen molar-refractivity contribution in [3.8, 4) is 16.9 Å². The molecule has 0 N–H and O–H groups in total. The minimum Gasteiger partial charge on any atom is -0.479 e. The summed E-state index contributed by atoms with van der Waals surface area (Å²) in [4.78, 5) is 23.9. The first-order chi connectivity index (χ1) is 12.5. The van der Waals surface area contributed by atoms with Crippen LogP contribution >= 0.6 is 0 Å². The van der Waals surface area contributed by atoms with Crippen molar-refractivity contribution < 1.29 is 18.7 Å². The van der Waals surface area contributed by atoms with Gasteiger partial charge >= 0.3 is 11.6 Å². The summed E-state index contributed by atoms with van der Waals surface area (Å²) < 4.78 is 16.1. The Morgan fingerprint density at radius 2 is 1.88 bits per heavy atom. The molecule has 134 valence electrons. The van der Waals surface area contributed by atoms with Crippen molar-refractivity contribution in [3.63, 3.8) is 0 Å². The standard InChI is InChI=1S/C21H20O5/c1-4-24-21(23)14(3)25-18-11-10-16-17(15-8-6-5-7-9-15)12-19(22)26-20(16)13(18)2/h5-12,14H,4H2,1-3H3/t14-/m0/s1. The molecule has 0 aliphatic rings. The normalized spacial score (nSPS) is 12.0. The molecule has 2 aromatic carbocycles. The second kappa shape index (κ2) is 7.44. The third-order valence-electron chi connectivity index (χ3n) is 4.12. The van der Waals surface area contributed by atoms with Crippen molar-refractivity contribution in [1.29, 1.82) is 0 Å². The monoisotopic (exact) mass is 352 g/mol. The molecule has 26 heavy (non-hydrogen) atoms. The predicted octanol–water partition coefficient (Wildman–Crippen LogP) is 4.10. The van der Waals surface area contributed by atoms with Crippen LogP contribution in [0.15, 0.2) is 57.7 Å². The van der Waals surface area contributed by atoms with Crippen LogP contribution in [-0.2, 0) is 9.53 Å².